The summed E-state index contributed by atoms with van der Waals surface area (Å²) in [7, 11) is 1.47. The van der Waals surface area contributed by atoms with Crippen molar-refractivity contribution >= 4 is 52.2 Å². The molecular formula is C21H16FIN2O5. The summed E-state index contributed by atoms with van der Waals surface area (Å²) in [6, 6.07) is 7.18. The summed E-state index contributed by atoms with van der Waals surface area (Å²) < 4.78 is 24.8. The molecule has 9 heteroatoms. The number of nitrogens with zero attached hydrogens (tertiary/aromatic N) is 1. The lowest BCUT2D eigenvalue weighted by Gasteiger charge is -2.26. The number of ether oxygens (including phenoxy) is 2. The van der Waals surface area contributed by atoms with Gasteiger partial charge in [0.05, 0.1) is 16.4 Å². The van der Waals surface area contributed by atoms with Gasteiger partial charge in [-0.25, -0.2) is 14.1 Å². The third kappa shape index (κ3) is 4.35. The van der Waals surface area contributed by atoms with Crippen molar-refractivity contribution in [3.8, 4) is 11.5 Å². The zero-order chi connectivity index (χ0) is 21.8. The van der Waals surface area contributed by atoms with E-state index in [2.05, 4.69) is 11.9 Å². The first-order valence-electron chi connectivity index (χ1n) is 8.64. The van der Waals surface area contributed by atoms with Crippen molar-refractivity contribution in [2.75, 3.05) is 18.6 Å². The molecule has 0 aromatic heterocycles. The van der Waals surface area contributed by atoms with E-state index in [-0.39, 0.29) is 17.9 Å². The highest BCUT2D eigenvalue weighted by molar-refractivity contribution is 14.1. The standard InChI is InChI=1S/C21H16FIN2O5/c1-3-8-30-18-16(23)10-12(11-17(18)29-2)9-15-19(26)24-21(28)25(20(15)27)14-6-4-13(22)5-7-14/h3-7,9-11H,1,8H2,2H3,(H,24,26,28). The van der Waals surface area contributed by atoms with Crippen LogP contribution in [0.3, 0.4) is 0 Å². The van der Waals surface area contributed by atoms with Crippen molar-refractivity contribution in [2.45, 2.75) is 0 Å². The second-order valence-electron chi connectivity index (χ2n) is 6.07. The Morgan fingerprint density at radius 3 is 2.53 bits per heavy atom. The van der Waals surface area contributed by atoms with Crippen LogP contribution < -0.4 is 19.7 Å². The van der Waals surface area contributed by atoms with E-state index in [0.29, 0.717) is 20.6 Å². The van der Waals surface area contributed by atoms with Gasteiger partial charge in [0.25, 0.3) is 11.8 Å². The minimum absolute atomic E-state index is 0.137. The zero-order valence-electron chi connectivity index (χ0n) is 15.8. The predicted octanol–water partition coefficient (Wildman–Crippen LogP) is 3.67. The average Bonchev–Trinajstić information content (AvgIpc) is 2.71. The van der Waals surface area contributed by atoms with Gasteiger partial charge < -0.3 is 9.47 Å². The Labute approximate surface area is 185 Å². The molecule has 1 aliphatic rings. The van der Waals surface area contributed by atoms with Crippen LogP contribution in [0.2, 0.25) is 0 Å². The van der Waals surface area contributed by atoms with Crippen LogP contribution in [-0.2, 0) is 9.59 Å². The smallest absolute Gasteiger partial charge is 0.335 e. The van der Waals surface area contributed by atoms with Gasteiger partial charge in [-0.3, -0.25) is 14.9 Å². The number of nitrogens with one attached hydrogen (secondary N) is 1. The van der Waals surface area contributed by atoms with Crippen molar-refractivity contribution in [3.05, 3.63) is 69.6 Å². The number of carbonyl (C=O) groups is 3. The van der Waals surface area contributed by atoms with Crippen LogP contribution in [-0.4, -0.2) is 31.6 Å². The number of benzene rings is 2. The molecule has 1 heterocycles. The van der Waals surface area contributed by atoms with Crippen LogP contribution >= 0.6 is 22.6 Å². The van der Waals surface area contributed by atoms with Crippen LogP contribution in [0.25, 0.3) is 6.08 Å². The molecule has 1 saturated heterocycles. The SMILES string of the molecule is C=CCOc1c(I)cc(C=C2C(=O)NC(=O)N(c3ccc(F)cc3)C2=O)cc1OC. The number of anilines is 1. The fourth-order valence-corrected chi connectivity index (χ4v) is 3.54. The van der Waals surface area contributed by atoms with E-state index in [0.717, 1.165) is 17.0 Å². The van der Waals surface area contributed by atoms with Gasteiger partial charge in [-0.05, 0) is 70.6 Å². The normalized spacial score (nSPS) is 15.2. The molecular weight excluding hydrogens is 506 g/mol. The number of halogens is 2. The lowest BCUT2D eigenvalue weighted by molar-refractivity contribution is -0.122. The van der Waals surface area contributed by atoms with Gasteiger partial charge in [0.1, 0.15) is 18.0 Å². The molecule has 0 aliphatic carbocycles. The van der Waals surface area contributed by atoms with Crippen molar-refractivity contribution in [1.29, 1.82) is 0 Å². The summed E-state index contributed by atoms with van der Waals surface area (Å²) in [6.45, 7) is 3.88. The molecule has 0 radical (unpaired) electrons. The second-order valence-corrected chi connectivity index (χ2v) is 7.23. The first-order chi connectivity index (χ1) is 14.3. The van der Waals surface area contributed by atoms with E-state index in [9.17, 15) is 18.8 Å². The molecule has 30 heavy (non-hydrogen) atoms. The van der Waals surface area contributed by atoms with E-state index in [4.69, 9.17) is 9.47 Å². The number of urea groups is 1. The zero-order valence-corrected chi connectivity index (χ0v) is 17.9. The topological polar surface area (TPSA) is 84.9 Å². The molecule has 0 bridgehead atoms. The molecule has 1 N–H and O–H groups in total. The Kier molecular flexibility index (Phi) is 6.50. The monoisotopic (exact) mass is 522 g/mol. The highest BCUT2D eigenvalue weighted by Crippen LogP contribution is 2.35. The molecule has 7 nitrogen and oxygen atoms in total. The van der Waals surface area contributed by atoms with E-state index in [1.807, 2.05) is 22.6 Å². The molecule has 4 amide bonds. The number of hydrogen-bond acceptors (Lipinski definition) is 5. The largest absolute Gasteiger partial charge is 0.493 e. The first-order valence-corrected chi connectivity index (χ1v) is 9.71. The maximum atomic E-state index is 13.2. The second kappa shape index (κ2) is 9.08. The summed E-state index contributed by atoms with van der Waals surface area (Å²) in [5.74, 6) is -1.26. The van der Waals surface area contributed by atoms with E-state index in [1.165, 1.54) is 25.3 Å². The maximum Gasteiger partial charge on any atom is 0.335 e. The summed E-state index contributed by atoms with van der Waals surface area (Å²) >= 11 is 2.05. The van der Waals surface area contributed by atoms with E-state index < -0.39 is 23.7 Å². The summed E-state index contributed by atoms with van der Waals surface area (Å²) in [4.78, 5) is 38.2. The number of carbonyl (C=O) groups excluding carboxylic acids is 3. The highest BCUT2D eigenvalue weighted by atomic mass is 127. The number of methoxy groups -OCH3 is 1. The molecule has 2 aromatic carbocycles. The highest BCUT2D eigenvalue weighted by Gasteiger charge is 2.36. The molecule has 2 aromatic rings. The van der Waals surface area contributed by atoms with Gasteiger partial charge in [-0.15, -0.1) is 0 Å². The minimum Gasteiger partial charge on any atom is -0.493 e. The van der Waals surface area contributed by atoms with Gasteiger partial charge in [-0.2, -0.15) is 0 Å². The lowest BCUT2D eigenvalue weighted by Crippen LogP contribution is -2.54. The van der Waals surface area contributed by atoms with Crippen LogP contribution in [0.5, 0.6) is 11.5 Å². The Balaban J connectivity index is 2.01. The van der Waals surface area contributed by atoms with Crippen LogP contribution in [0.4, 0.5) is 14.9 Å². The predicted molar refractivity (Wildman–Crippen MR) is 117 cm³/mol. The molecule has 0 saturated carbocycles. The van der Waals surface area contributed by atoms with Gasteiger partial charge in [0, 0.05) is 0 Å². The van der Waals surface area contributed by atoms with Gasteiger partial charge >= 0.3 is 6.03 Å². The van der Waals surface area contributed by atoms with E-state index in [1.54, 1.807) is 18.2 Å². The van der Waals surface area contributed by atoms with Crippen molar-refractivity contribution < 1.29 is 28.2 Å². The van der Waals surface area contributed by atoms with E-state index >= 15 is 0 Å². The van der Waals surface area contributed by atoms with Crippen LogP contribution in [0, 0.1) is 9.39 Å². The third-order valence-electron chi connectivity index (χ3n) is 4.09. The average molecular weight is 522 g/mol. The lowest BCUT2D eigenvalue weighted by atomic mass is 10.1. The fourth-order valence-electron chi connectivity index (χ4n) is 2.75. The molecule has 0 spiro atoms. The fraction of sp³-hybridized carbons (Fsp3) is 0.0952. The Morgan fingerprint density at radius 2 is 1.90 bits per heavy atom. The number of imide groups is 2. The van der Waals surface area contributed by atoms with Crippen molar-refractivity contribution in [3.63, 3.8) is 0 Å². The Hall–Kier alpha value is -3.21. The summed E-state index contributed by atoms with van der Waals surface area (Å²) in [5, 5.41) is 2.12. The summed E-state index contributed by atoms with van der Waals surface area (Å²) in [6.07, 6.45) is 2.94. The quantitative estimate of drug-likeness (QED) is 0.271. The number of barbiturate groups is 1. The summed E-state index contributed by atoms with van der Waals surface area (Å²) in [5.41, 5.74) is 0.378. The number of hydrogen-bond donors (Lipinski definition) is 1. The van der Waals surface area contributed by atoms with Crippen molar-refractivity contribution in [2.24, 2.45) is 0 Å². The molecule has 3 rings (SSSR count). The Bertz CT molecular complexity index is 1070. The minimum atomic E-state index is -0.908. The van der Waals surface area contributed by atoms with Crippen LogP contribution in [0.1, 0.15) is 5.56 Å². The third-order valence-corrected chi connectivity index (χ3v) is 4.90. The number of rotatable bonds is 6. The molecule has 1 fully saturated rings. The molecule has 154 valence electrons. The molecule has 0 unspecified atom stereocenters. The van der Waals surface area contributed by atoms with Gasteiger partial charge in [-0.1, -0.05) is 12.7 Å². The molecule has 0 atom stereocenters. The van der Waals surface area contributed by atoms with Crippen LogP contribution in [0.15, 0.2) is 54.6 Å². The molecule has 1 aliphatic heterocycles. The van der Waals surface area contributed by atoms with Gasteiger partial charge in [0.2, 0.25) is 0 Å². The van der Waals surface area contributed by atoms with Gasteiger partial charge in [0.15, 0.2) is 11.5 Å². The maximum absolute atomic E-state index is 13.2. The number of amides is 4. The Morgan fingerprint density at radius 1 is 1.20 bits per heavy atom. The van der Waals surface area contributed by atoms with Crippen molar-refractivity contribution in [1.82, 2.24) is 5.32 Å². The first kappa shape index (κ1) is 21.5.